The molecule has 0 atom stereocenters. The number of rotatable bonds is 5. The highest BCUT2D eigenvalue weighted by Crippen LogP contribution is 2.28. The summed E-state index contributed by atoms with van der Waals surface area (Å²) in [6.45, 7) is 4.77. The summed E-state index contributed by atoms with van der Waals surface area (Å²) in [5.41, 5.74) is 2.81. The molecular formula is C22H22BrN5O2S. The van der Waals surface area contributed by atoms with Crippen LogP contribution < -0.4 is 5.32 Å². The lowest BCUT2D eigenvalue weighted by molar-refractivity contribution is -0.117. The van der Waals surface area contributed by atoms with Crippen LogP contribution in [0.15, 0.2) is 53.0 Å². The summed E-state index contributed by atoms with van der Waals surface area (Å²) < 4.78 is 0.885. The van der Waals surface area contributed by atoms with E-state index in [0.29, 0.717) is 36.9 Å². The Morgan fingerprint density at radius 2 is 1.84 bits per heavy atom. The molecule has 0 unspecified atom stereocenters. The highest BCUT2D eigenvalue weighted by Gasteiger charge is 2.23. The Morgan fingerprint density at radius 3 is 2.58 bits per heavy atom. The van der Waals surface area contributed by atoms with Crippen LogP contribution in [0.25, 0.3) is 10.6 Å². The van der Waals surface area contributed by atoms with E-state index in [-0.39, 0.29) is 18.4 Å². The number of hydrogen-bond acceptors (Lipinski definition) is 6. The third-order valence-corrected chi connectivity index (χ3v) is 6.51. The maximum atomic E-state index is 12.7. The van der Waals surface area contributed by atoms with Crippen LogP contribution in [-0.2, 0) is 4.79 Å². The molecule has 0 saturated carbocycles. The Morgan fingerprint density at radius 1 is 1.06 bits per heavy atom. The lowest BCUT2D eigenvalue weighted by atomic mass is 10.1. The number of halogens is 1. The zero-order valence-corrected chi connectivity index (χ0v) is 19.4. The minimum Gasteiger partial charge on any atom is -0.336 e. The molecule has 1 fully saturated rings. The zero-order valence-electron chi connectivity index (χ0n) is 17.0. The topological polar surface area (TPSA) is 78.4 Å². The molecule has 1 aliphatic rings. The van der Waals surface area contributed by atoms with Gasteiger partial charge in [0.25, 0.3) is 5.91 Å². The average molecular weight is 500 g/mol. The number of aromatic nitrogens is 2. The van der Waals surface area contributed by atoms with E-state index in [1.807, 2.05) is 65.3 Å². The van der Waals surface area contributed by atoms with Gasteiger partial charge in [0.15, 0.2) is 0 Å². The fraction of sp³-hybridized carbons (Fsp3) is 0.273. The van der Waals surface area contributed by atoms with E-state index in [9.17, 15) is 9.59 Å². The van der Waals surface area contributed by atoms with E-state index in [2.05, 4.69) is 31.4 Å². The van der Waals surface area contributed by atoms with Gasteiger partial charge >= 0.3 is 0 Å². The summed E-state index contributed by atoms with van der Waals surface area (Å²) in [6, 6.07) is 15.4. The molecule has 0 aliphatic carbocycles. The van der Waals surface area contributed by atoms with Crippen molar-refractivity contribution in [2.24, 2.45) is 0 Å². The number of carbonyl (C=O) groups is 2. The number of nitrogens with zero attached hydrogens (tertiary/aromatic N) is 4. The van der Waals surface area contributed by atoms with Crippen LogP contribution in [-0.4, -0.2) is 64.5 Å². The largest absolute Gasteiger partial charge is 0.336 e. The predicted molar refractivity (Wildman–Crippen MR) is 125 cm³/mol. The van der Waals surface area contributed by atoms with Gasteiger partial charge in [-0.25, -0.2) is 0 Å². The number of piperazine rings is 1. The first-order valence-electron chi connectivity index (χ1n) is 9.96. The minimum atomic E-state index is -0.126. The van der Waals surface area contributed by atoms with Gasteiger partial charge in [0.1, 0.15) is 5.01 Å². The van der Waals surface area contributed by atoms with Crippen molar-refractivity contribution in [1.29, 1.82) is 0 Å². The van der Waals surface area contributed by atoms with Gasteiger partial charge in [0.2, 0.25) is 11.0 Å². The van der Waals surface area contributed by atoms with E-state index in [1.54, 1.807) is 0 Å². The van der Waals surface area contributed by atoms with Crippen molar-refractivity contribution in [3.8, 4) is 10.6 Å². The number of benzene rings is 2. The first kappa shape index (κ1) is 21.6. The summed E-state index contributed by atoms with van der Waals surface area (Å²) >= 11 is 4.77. The van der Waals surface area contributed by atoms with E-state index in [1.165, 1.54) is 11.3 Å². The maximum absolute atomic E-state index is 12.7. The standard InChI is InChI=1S/C22H22BrN5O2S/c1-15-5-2-3-8-18(15)20-25-26-22(31-20)24-19(29)14-27-9-11-28(12-10-27)21(30)16-6-4-7-17(23)13-16/h2-8,13H,9-12,14H2,1H3,(H,24,26,29). The third-order valence-electron chi connectivity index (χ3n) is 5.15. The second kappa shape index (κ2) is 9.67. The van der Waals surface area contributed by atoms with Crippen LogP contribution in [0.1, 0.15) is 15.9 Å². The Labute approximate surface area is 193 Å². The van der Waals surface area contributed by atoms with Crippen molar-refractivity contribution >= 4 is 44.2 Å². The molecule has 2 amide bonds. The highest BCUT2D eigenvalue weighted by atomic mass is 79.9. The van der Waals surface area contributed by atoms with Crippen molar-refractivity contribution in [3.05, 3.63) is 64.1 Å². The second-order valence-electron chi connectivity index (χ2n) is 7.35. The van der Waals surface area contributed by atoms with Crippen molar-refractivity contribution in [3.63, 3.8) is 0 Å². The van der Waals surface area contributed by atoms with Crippen molar-refractivity contribution in [1.82, 2.24) is 20.0 Å². The van der Waals surface area contributed by atoms with Crippen molar-refractivity contribution < 1.29 is 9.59 Å². The predicted octanol–water partition coefficient (Wildman–Crippen LogP) is 3.67. The smallest absolute Gasteiger partial charge is 0.253 e. The lowest BCUT2D eigenvalue weighted by Crippen LogP contribution is -2.50. The normalized spacial score (nSPS) is 14.5. The van der Waals surface area contributed by atoms with Gasteiger partial charge in [0, 0.05) is 41.8 Å². The molecule has 0 radical (unpaired) electrons. The van der Waals surface area contributed by atoms with Crippen LogP contribution in [0.3, 0.4) is 0 Å². The quantitative estimate of drug-likeness (QED) is 0.579. The average Bonchev–Trinajstić information content (AvgIpc) is 3.22. The van der Waals surface area contributed by atoms with Gasteiger partial charge in [-0.3, -0.25) is 19.8 Å². The summed E-state index contributed by atoms with van der Waals surface area (Å²) in [5, 5.41) is 12.4. The highest BCUT2D eigenvalue weighted by molar-refractivity contribution is 9.10. The molecule has 2 heterocycles. The Bertz CT molecular complexity index is 1090. The van der Waals surface area contributed by atoms with E-state index in [4.69, 9.17) is 0 Å². The Balaban J connectivity index is 1.28. The zero-order chi connectivity index (χ0) is 21.8. The minimum absolute atomic E-state index is 0.0167. The number of amides is 2. The van der Waals surface area contributed by atoms with Crippen molar-refractivity contribution in [2.45, 2.75) is 6.92 Å². The molecule has 1 saturated heterocycles. The monoisotopic (exact) mass is 499 g/mol. The molecule has 0 bridgehead atoms. The van der Waals surface area contributed by atoms with E-state index < -0.39 is 0 Å². The summed E-state index contributed by atoms with van der Waals surface area (Å²) in [4.78, 5) is 29.0. The van der Waals surface area contributed by atoms with Gasteiger partial charge in [-0.1, -0.05) is 57.6 Å². The summed E-state index contributed by atoms with van der Waals surface area (Å²) in [7, 11) is 0. The lowest BCUT2D eigenvalue weighted by Gasteiger charge is -2.34. The number of nitrogens with one attached hydrogen (secondary N) is 1. The SMILES string of the molecule is Cc1ccccc1-c1nnc(NC(=O)CN2CCN(C(=O)c3cccc(Br)c3)CC2)s1. The first-order valence-corrected chi connectivity index (χ1v) is 11.6. The van der Waals surface area contributed by atoms with E-state index >= 15 is 0 Å². The number of aryl methyl sites for hydroxylation is 1. The fourth-order valence-corrected chi connectivity index (χ4v) is 4.72. The molecule has 1 aliphatic heterocycles. The van der Waals surface area contributed by atoms with Crippen LogP contribution >= 0.6 is 27.3 Å². The molecule has 31 heavy (non-hydrogen) atoms. The summed E-state index contributed by atoms with van der Waals surface area (Å²) in [5.74, 6) is -0.109. The summed E-state index contributed by atoms with van der Waals surface area (Å²) in [6.07, 6.45) is 0. The molecule has 3 aromatic rings. The third kappa shape index (κ3) is 5.36. The fourth-order valence-electron chi connectivity index (χ4n) is 3.47. The van der Waals surface area contributed by atoms with E-state index in [0.717, 1.165) is 20.6 Å². The van der Waals surface area contributed by atoms with Gasteiger partial charge in [-0.05, 0) is 30.7 Å². The van der Waals surface area contributed by atoms with Crippen LogP contribution in [0, 0.1) is 6.92 Å². The van der Waals surface area contributed by atoms with Crippen LogP contribution in [0.2, 0.25) is 0 Å². The Kier molecular flexibility index (Phi) is 6.74. The molecule has 4 rings (SSSR count). The maximum Gasteiger partial charge on any atom is 0.253 e. The molecular weight excluding hydrogens is 478 g/mol. The van der Waals surface area contributed by atoms with Gasteiger partial charge < -0.3 is 4.90 Å². The van der Waals surface area contributed by atoms with Gasteiger partial charge in [-0.15, -0.1) is 10.2 Å². The molecule has 2 aromatic carbocycles. The molecule has 1 N–H and O–H groups in total. The molecule has 7 nitrogen and oxygen atoms in total. The number of carbonyl (C=O) groups excluding carboxylic acids is 2. The molecule has 1 aromatic heterocycles. The van der Waals surface area contributed by atoms with Gasteiger partial charge in [-0.2, -0.15) is 0 Å². The van der Waals surface area contributed by atoms with Crippen LogP contribution in [0.4, 0.5) is 5.13 Å². The number of hydrogen-bond donors (Lipinski definition) is 1. The molecule has 9 heteroatoms. The second-order valence-corrected chi connectivity index (χ2v) is 9.25. The van der Waals surface area contributed by atoms with Crippen LogP contribution in [0.5, 0.6) is 0 Å². The first-order chi connectivity index (χ1) is 15.0. The van der Waals surface area contributed by atoms with Gasteiger partial charge in [0.05, 0.1) is 6.54 Å². The Hall–Kier alpha value is -2.62. The molecule has 0 spiro atoms. The molecule has 160 valence electrons. The van der Waals surface area contributed by atoms with Crippen molar-refractivity contribution in [2.75, 3.05) is 38.0 Å². The number of anilines is 1.